The number of halogens is 1. The number of aromatic nitrogens is 4. The first-order valence-corrected chi connectivity index (χ1v) is 9.07. The Kier molecular flexibility index (Phi) is 4.48. The molecular weight excluding hydrogens is 380 g/mol. The van der Waals surface area contributed by atoms with Gasteiger partial charge in [-0.2, -0.15) is 0 Å². The van der Waals surface area contributed by atoms with E-state index >= 15 is 0 Å². The van der Waals surface area contributed by atoms with Gasteiger partial charge in [-0.25, -0.2) is 0 Å². The van der Waals surface area contributed by atoms with E-state index in [1.165, 1.54) is 6.07 Å². The van der Waals surface area contributed by atoms with Crippen LogP contribution in [0.3, 0.4) is 0 Å². The molecule has 28 heavy (non-hydrogen) atoms. The number of carbonyl (C=O) groups is 1. The number of anilines is 1. The molecule has 4 aromatic rings. The van der Waals surface area contributed by atoms with Gasteiger partial charge in [0.2, 0.25) is 5.78 Å². The van der Waals surface area contributed by atoms with Crippen LogP contribution in [0.4, 0.5) is 5.69 Å². The van der Waals surface area contributed by atoms with Crippen molar-refractivity contribution in [2.45, 2.75) is 20.0 Å². The van der Waals surface area contributed by atoms with Gasteiger partial charge in [0.15, 0.2) is 5.82 Å². The van der Waals surface area contributed by atoms with Crippen LogP contribution in [0.25, 0.3) is 16.7 Å². The van der Waals surface area contributed by atoms with E-state index in [0.717, 1.165) is 5.52 Å². The van der Waals surface area contributed by atoms with Gasteiger partial charge in [0.05, 0.1) is 23.0 Å². The fraction of sp³-hybridized carbons (Fsp3) is 0.158. The standard InChI is InChI=1S/C19H17ClN6O2/c1-2-25-18(28)12-5-3-4-6-15(12)26-16(23-24-19(25)26)10-22-14-8-7-11(20)9-13(14)17(21)27/h3-9,22H,2,10H2,1H3,(H2,21,27). The summed E-state index contributed by atoms with van der Waals surface area (Å²) in [4.78, 5) is 24.4. The number of carbonyl (C=O) groups excluding carboxylic acids is 1. The lowest BCUT2D eigenvalue weighted by molar-refractivity contribution is 0.100. The zero-order valence-corrected chi connectivity index (χ0v) is 15.8. The fourth-order valence-electron chi connectivity index (χ4n) is 3.26. The highest BCUT2D eigenvalue weighted by atomic mass is 35.5. The third-order valence-electron chi connectivity index (χ3n) is 4.58. The molecule has 2 heterocycles. The lowest BCUT2D eigenvalue weighted by Crippen LogP contribution is -2.23. The van der Waals surface area contributed by atoms with Crippen LogP contribution < -0.4 is 16.6 Å². The van der Waals surface area contributed by atoms with E-state index in [4.69, 9.17) is 17.3 Å². The van der Waals surface area contributed by atoms with Crippen LogP contribution in [-0.2, 0) is 13.1 Å². The molecule has 0 aliphatic rings. The number of rotatable bonds is 5. The highest BCUT2D eigenvalue weighted by Crippen LogP contribution is 2.21. The van der Waals surface area contributed by atoms with Crippen LogP contribution in [0, 0.1) is 0 Å². The van der Waals surface area contributed by atoms with Crippen molar-refractivity contribution in [1.82, 2.24) is 19.2 Å². The van der Waals surface area contributed by atoms with Crippen molar-refractivity contribution in [3.8, 4) is 0 Å². The molecule has 0 spiro atoms. The first kappa shape index (κ1) is 18.0. The summed E-state index contributed by atoms with van der Waals surface area (Å²) in [6, 6.07) is 12.2. The van der Waals surface area contributed by atoms with Crippen LogP contribution in [0.2, 0.25) is 5.02 Å². The Hall–Kier alpha value is -3.39. The summed E-state index contributed by atoms with van der Waals surface area (Å²) < 4.78 is 3.42. The SMILES string of the molecule is CCn1c(=O)c2ccccc2n2c(CNc3ccc(Cl)cc3C(N)=O)nnc12. The number of fused-ring (bicyclic) bond motifs is 3. The number of aryl methyl sites for hydroxylation is 1. The summed E-state index contributed by atoms with van der Waals surface area (Å²) in [5, 5.41) is 12.6. The van der Waals surface area contributed by atoms with Gasteiger partial charge >= 0.3 is 0 Å². The molecule has 4 rings (SSSR count). The minimum atomic E-state index is -0.582. The number of hydrogen-bond acceptors (Lipinski definition) is 5. The molecule has 9 heteroatoms. The van der Waals surface area contributed by atoms with Crippen LogP contribution in [0.5, 0.6) is 0 Å². The Bertz CT molecular complexity index is 1280. The lowest BCUT2D eigenvalue weighted by Gasteiger charge is -2.12. The molecule has 0 unspecified atom stereocenters. The first-order chi connectivity index (χ1) is 13.5. The zero-order valence-electron chi connectivity index (χ0n) is 15.0. The predicted octanol–water partition coefficient (Wildman–Crippen LogP) is 2.43. The molecule has 142 valence electrons. The second kappa shape index (κ2) is 6.97. The smallest absolute Gasteiger partial charge is 0.262 e. The van der Waals surface area contributed by atoms with Crippen LogP contribution in [-0.4, -0.2) is 25.1 Å². The van der Waals surface area contributed by atoms with E-state index in [-0.39, 0.29) is 17.7 Å². The molecule has 0 fully saturated rings. The molecule has 0 radical (unpaired) electrons. The van der Waals surface area contributed by atoms with Crippen molar-refractivity contribution >= 4 is 39.9 Å². The molecule has 0 bridgehead atoms. The molecule has 0 atom stereocenters. The quantitative estimate of drug-likeness (QED) is 0.538. The number of amides is 1. The van der Waals surface area contributed by atoms with E-state index < -0.39 is 5.91 Å². The van der Waals surface area contributed by atoms with Gasteiger partial charge in [0, 0.05) is 17.3 Å². The lowest BCUT2D eigenvalue weighted by atomic mass is 10.1. The number of nitrogens with one attached hydrogen (secondary N) is 1. The summed E-state index contributed by atoms with van der Waals surface area (Å²) in [5.74, 6) is 0.481. The van der Waals surface area contributed by atoms with E-state index in [0.29, 0.717) is 34.2 Å². The molecule has 0 saturated carbocycles. The second-order valence-corrected chi connectivity index (χ2v) is 6.66. The number of nitrogens with zero attached hydrogens (tertiary/aromatic N) is 4. The Morgan fingerprint density at radius 1 is 1.21 bits per heavy atom. The van der Waals surface area contributed by atoms with Crippen LogP contribution in [0.1, 0.15) is 23.1 Å². The third-order valence-corrected chi connectivity index (χ3v) is 4.81. The Morgan fingerprint density at radius 3 is 2.75 bits per heavy atom. The maximum Gasteiger partial charge on any atom is 0.262 e. The number of benzene rings is 2. The van der Waals surface area contributed by atoms with Crippen molar-refractivity contribution in [3.05, 3.63) is 69.2 Å². The maximum absolute atomic E-state index is 12.7. The minimum absolute atomic E-state index is 0.105. The molecule has 0 aliphatic carbocycles. The van der Waals surface area contributed by atoms with Gasteiger partial charge in [-0.05, 0) is 37.3 Å². The molecule has 8 nitrogen and oxygen atoms in total. The highest BCUT2D eigenvalue weighted by Gasteiger charge is 2.16. The fourth-order valence-corrected chi connectivity index (χ4v) is 3.43. The van der Waals surface area contributed by atoms with Gasteiger partial charge in [-0.15, -0.1) is 10.2 Å². The van der Waals surface area contributed by atoms with E-state index in [1.807, 2.05) is 29.5 Å². The number of para-hydroxylation sites is 1. The summed E-state index contributed by atoms with van der Waals surface area (Å²) in [6.45, 7) is 2.63. The van der Waals surface area contributed by atoms with Gasteiger partial charge in [0.25, 0.3) is 11.5 Å². The summed E-state index contributed by atoms with van der Waals surface area (Å²) >= 11 is 5.96. The van der Waals surface area contributed by atoms with Crippen LogP contribution in [0.15, 0.2) is 47.3 Å². The number of hydrogen-bond donors (Lipinski definition) is 2. The number of nitrogens with two attached hydrogens (primary N) is 1. The molecule has 1 amide bonds. The molecular formula is C19H17ClN6O2. The number of primary amides is 1. The van der Waals surface area contributed by atoms with Crippen molar-refractivity contribution in [1.29, 1.82) is 0 Å². The van der Waals surface area contributed by atoms with Crippen molar-refractivity contribution in [2.24, 2.45) is 5.73 Å². The monoisotopic (exact) mass is 396 g/mol. The maximum atomic E-state index is 12.7. The van der Waals surface area contributed by atoms with Crippen molar-refractivity contribution in [2.75, 3.05) is 5.32 Å². The van der Waals surface area contributed by atoms with Gasteiger partial charge in [0.1, 0.15) is 0 Å². The van der Waals surface area contributed by atoms with Crippen LogP contribution >= 0.6 is 11.6 Å². The molecule has 0 saturated heterocycles. The summed E-state index contributed by atoms with van der Waals surface area (Å²) in [6.07, 6.45) is 0. The van der Waals surface area contributed by atoms with E-state index in [2.05, 4.69) is 15.5 Å². The third kappa shape index (κ3) is 2.87. The average Bonchev–Trinajstić information content (AvgIpc) is 3.11. The summed E-state index contributed by atoms with van der Waals surface area (Å²) in [5.41, 5.74) is 6.89. The molecule has 0 aliphatic heterocycles. The molecule has 3 N–H and O–H groups in total. The van der Waals surface area contributed by atoms with Crippen molar-refractivity contribution in [3.63, 3.8) is 0 Å². The molecule has 2 aromatic carbocycles. The Balaban J connectivity index is 1.82. The highest BCUT2D eigenvalue weighted by molar-refractivity contribution is 6.31. The minimum Gasteiger partial charge on any atom is -0.377 e. The van der Waals surface area contributed by atoms with Gasteiger partial charge < -0.3 is 11.1 Å². The second-order valence-electron chi connectivity index (χ2n) is 6.23. The predicted molar refractivity (Wildman–Crippen MR) is 108 cm³/mol. The van der Waals surface area contributed by atoms with E-state index in [1.54, 1.807) is 22.8 Å². The van der Waals surface area contributed by atoms with Gasteiger partial charge in [-0.3, -0.25) is 18.6 Å². The Morgan fingerprint density at radius 2 is 2.00 bits per heavy atom. The largest absolute Gasteiger partial charge is 0.377 e. The zero-order chi connectivity index (χ0) is 19.8. The van der Waals surface area contributed by atoms with Crippen molar-refractivity contribution < 1.29 is 4.79 Å². The molecule has 2 aromatic heterocycles. The normalized spacial score (nSPS) is 11.2. The Labute approximate surface area is 164 Å². The first-order valence-electron chi connectivity index (χ1n) is 8.70. The summed E-state index contributed by atoms with van der Waals surface area (Å²) in [7, 11) is 0. The topological polar surface area (TPSA) is 107 Å². The average molecular weight is 397 g/mol. The van der Waals surface area contributed by atoms with Gasteiger partial charge in [-0.1, -0.05) is 23.7 Å². The van der Waals surface area contributed by atoms with E-state index in [9.17, 15) is 9.59 Å².